The first kappa shape index (κ1) is 11.6. The highest BCUT2D eigenvalue weighted by atomic mass is 19.1. The number of aliphatic imine (C=N–C) groups is 1. The van der Waals surface area contributed by atoms with Gasteiger partial charge in [-0.05, 0) is 30.7 Å². The lowest BCUT2D eigenvalue weighted by atomic mass is 10.2. The van der Waals surface area contributed by atoms with Crippen LogP contribution in [-0.4, -0.2) is 29.8 Å². The molecule has 1 N–H and O–H groups in total. The Bertz CT molecular complexity index is 442. The Morgan fingerprint density at radius 2 is 2.12 bits per heavy atom. The number of nitrogens with zero attached hydrogens (tertiary/aromatic N) is 2. The second-order valence-electron chi connectivity index (χ2n) is 3.83. The number of carbonyl (C=O) groups excluding carboxylic acids is 1. The molecular weight excluding hydrogens is 221 g/mol. The summed E-state index contributed by atoms with van der Waals surface area (Å²) >= 11 is 0. The summed E-state index contributed by atoms with van der Waals surface area (Å²) in [5.41, 5.74) is 3.73. The minimum atomic E-state index is -0.286. The van der Waals surface area contributed by atoms with Gasteiger partial charge < -0.3 is 0 Å². The molecule has 4 nitrogen and oxygen atoms in total. The summed E-state index contributed by atoms with van der Waals surface area (Å²) in [6, 6.07) is 6.03. The predicted molar refractivity (Wildman–Crippen MR) is 62.9 cm³/mol. The topological polar surface area (TPSA) is 44.7 Å². The van der Waals surface area contributed by atoms with Gasteiger partial charge in [-0.2, -0.15) is 0 Å². The van der Waals surface area contributed by atoms with Crippen molar-refractivity contribution >= 4 is 11.7 Å². The maximum Gasteiger partial charge on any atom is 0.262 e. The Labute approximate surface area is 99.1 Å². The van der Waals surface area contributed by atoms with E-state index < -0.39 is 0 Å². The van der Waals surface area contributed by atoms with E-state index in [0.29, 0.717) is 12.4 Å². The molecule has 2 rings (SSSR count). The first-order valence-electron chi connectivity index (χ1n) is 5.58. The van der Waals surface area contributed by atoms with Crippen molar-refractivity contribution in [1.82, 2.24) is 10.4 Å². The SMILES string of the molecule is CCCN1NC(c2ccc(F)cc2)=NCC1=O. The summed E-state index contributed by atoms with van der Waals surface area (Å²) in [6.07, 6.45) is 0.870. The maximum atomic E-state index is 12.8. The second-order valence-corrected chi connectivity index (χ2v) is 3.83. The number of benzene rings is 1. The average molecular weight is 235 g/mol. The molecule has 1 aliphatic rings. The quantitative estimate of drug-likeness (QED) is 0.859. The first-order valence-corrected chi connectivity index (χ1v) is 5.58. The highest BCUT2D eigenvalue weighted by Gasteiger charge is 2.19. The molecule has 0 atom stereocenters. The van der Waals surface area contributed by atoms with Gasteiger partial charge in [-0.1, -0.05) is 6.92 Å². The van der Waals surface area contributed by atoms with Crippen LogP contribution in [-0.2, 0) is 4.79 Å². The summed E-state index contributed by atoms with van der Waals surface area (Å²) in [5.74, 6) is 0.280. The Morgan fingerprint density at radius 3 is 2.76 bits per heavy atom. The second kappa shape index (κ2) is 4.95. The van der Waals surface area contributed by atoms with Gasteiger partial charge in [0.1, 0.15) is 18.2 Å². The minimum Gasteiger partial charge on any atom is -0.279 e. The predicted octanol–water partition coefficient (Wildman–Crippen LogP) is 1.33. The van der Waals surface area contributed by atoms with Crippen LogP contribution in [0.2, 0.25) is 0 Å². The molecule has 0 bridgehead atoms. The van der Waals surface area contributed by atoms with Crippen molar-refractivity contribution in [3.8, 4) is 0 Å². The minimum absolute atomic E-state index is 0.0438. The highest BCUT2D eigenvalue weighted by molar-refractivity contribution is 6.02. The van der Waals surface area contributed by atoms with Crippen LogP contribution in [0.1, 0.15) is 18.9 Å². The van der Waals surface area contributed by atoms with Gasteiger partial charge in [-0.3, -0.25) is 20.2 Å². The van der Waals surface area contributed by atoms with Crippen LogP contribution in [0.3, 0.4) is 0 Å². The lowest BCUT2D eigenvalue weighted by molar-refractivity contribution is -0.132. The largest absolute Gasteiger partial charge is 0.279 e. The van der Waals surface area contributed by atoms with Crippen molar-refractivity contribution < 1.29 is 9.18 Å². The number of carbonyl (C=O) groups is 1. The smallest absolute Gasteiger partial charge is 0.262 e. The van der Waals surface area contributed by atoms with Crippen LogP contribution in [0, 0.1) is 5.82 Å². The fraction of sp³-hybridized carbons (Fsp3) is 0.333. The van der Waals surface area contributed by atoms with Crippen LogP contribution >= 0.6 is 0 Å². The van der Waals surface area contributed by atoms with Gasteiger partial charge in [0.2, 0.25) is 0 Å². The lowest BCUT2D eigenvalue weighted by Crippen LogP contribution is -2.51. The van der Waals surface area contributed by atoms with E-state index in [1.165, 1.54) is 12.1 Å². The molecule has 5 heteroatoms. The van der Waals surface area contributed by atoms with E-state index in [1.54, 1.807) is 17.1 Å². The van der Waals surface area contributed by atoms with Crippen LogP contribution in [0.25, 0.3) is 0 Å². The molecule has 0 spiro atoms. The Morgan fingerprint density at radius 1 is 1.41 bits per heavy atom. The van der Waals surface area contributed by atoms with Crippen LogP contribution in [0.5, 0.6) is 0 Å². The van der Waals surface area contributed by atoms with Crippen molar-refractivity contribution in [3.05, 3.63) is 35.6 Å². The average Bonchev–Trinajstić information content (AvgIpc) is 2.33. The monoisotopic (exact) mass is 235 g/mol. The molecule has 1 amide bonds. The molecule has 0 fully saturated rings. The van der Waals surface area contributed by atoms with Gasteiger partial charge in [-0.25, -0.2) is 4.39 Å². The molecule has 0 unspecified atom stereocenters. The van der Waals surface area contributed by atoms with Gasteiger partial charge >= 0.3 is 0 Å². The third-order valence-electron chi connectivity index (χ3n) is 2.48. The number of rotatable bonds is 3. The zero-order chi connectivity index (χ0) is 12.3. The Kier molecular flexibility index (Phi) is 3.37. The first-order chi connectivity index (χ1) is 8.20. The third-order valence-corrected chi connectivity index (χ3v) is 2.48. The number of nitrogens with one attached hydrogen (secondary N) is 1. The number of hydrogen-bond acceptors (Lipinski definition) is 3. The van der Waals surface area contributed by atoms with Crippen LogP contribution < -0.4 is 5.43 Å². The summed E-state index contributed by atoms with van der Waals surface area (Å²) in [7, 11) is 0. The zero-order valence-electron chi connectivity index (χ0n) is 9.61. The summed E-state index contributed by atoms with van der Waals surface area (Å²) < 4.78 is 12.8. The van der Waals surface area contributed by atoms with Gasteiger partial charge in [0.25, 0.3) is 5.91 Å². The fourth-order valence-electron chi connectivity index (χ4n) is 1.63. The number of hydrogen-bond donors (Lipinski definition) is 1. The number of amides is 1. The molecule has 1 heterocycles. The molecular formula is C12H14FN3O. The molecule has 0 radical (unpaired) electrons. The van der Waals surface area contributed by atoms with Crippen molar-refractivity contribution in [2.24, 2.45) is 4.99 Å². The fourth-order valence-corrected chi connectivity index (χ4v) is 1.63. The van der Waals surface area contributed by atoms with E-state index in [2.05, 4.69) is 10.4 Å². The standard InChI is InChI=1S/C12H14FN3O/c1-2-7-16-11(17)8-14-12(15-16)9-3-5-10(13)6-4-9/h3-6H,2,7-8H2,1H3,(H,14,15). The summed E-state index contributed by atoms with van der Waals surface area (Å²) in [5, 5.41) is 1.55. The van der Waals surface area contributed by atoms with Crippen molar-refractivity contribution in [1.29, 1.82) is 0 Å². The molecule has 0 aliphatic carbocycles. The van der Waals surface area contributed by atoms with Crippen LogP contribution in [0.15, 0.2) is 29.3 Å². The van der Waals surface area contributed by atoms with Crippen molar-refractivity contribution in [2.75, 3.05) is 13.1 Å². The van der Waals surface area contributed by atoms with E-state index in [-0.39, 0.29) is 18.3 Å². The van der Waals surface area contributed by atoms with Crippen molar-refractivity contribution in [2.45, 2.75) is 13.3 Å². The van der Waals surface area contributed by atoms with E-state index in [1.807, 2.05) is 6.92 Å². The van der Waals surface area contributed by atoms with Gasteiger partial charge in [0.15, 0.2) is 0 Å². The molecule has 1 aromatic carbocycles. The Hall–Kier alpha value is -1.91. The highest BCUT2D eigenvalue weighted by Crippen LogP contribution is 2.07. The van der Waals surface area contributed by atoms with E-state index in [9.17, 15) is 9.18 Å². The zero-order valence-corrected chi connectivity index (χ0v) is 9.61. The molecule has 1 aromatic rings. The van der Waals surface area contributed by atoms with E-state index >= 15 is 0 Å². The maximum absolute atomic E-state index is 12.8. The summed E-state index contributed by atoms with van der Waals surface area (Å²) in [6.45, 7) is 2.77. The molecule has 17 heavy (non-hydrogen) atoms. The molecule has 0 saturated carbocycles. The molecule has 90 valence electrons. The number of hydrazine groups is 1. The number of amidine groups is 1. The van der Waals surface area contributed by atoms with E-state index in [0.717, 1.165) is 12.0 Å². The Balaban J connectivity index is 2.17. The van der Waals surface area contributed by atoms with Crippen molar-refractivity contribution in [3.63, 3.8) is 0 Å². The lowest BCUT2D eigenvalue weighted by Gasteiger charge is -2.27. The normalized spacial score (nSPS) is 15.5. The summed E-state index contributed by atoms with van der Waals surface area (Å²) in [4.78, 5) is 15.6. The van der Waals surface area contributed by atoms with E-state index in [4.69, 9.17) is 0 Å². The molecule has 0 aromatic heterocycles. The van der Waals surface area contributed by atoms with Crippen LogP contribution in [0.4, 0.5) is 4.39 Å². The van der Waals surface area contributed by atoms with Gasteiger partial charge in [0.05, 0.1) is 0 Å². The van der Waals surface area contributed by atoms with Gasteiger partial charge in [0, 0.05) is 12.1 Å². The van der Waals surface area contributed by atoms with Gasteiger partial charge in [-0.15, -0.1) is 0 Å². The number of halogens is 1. The third kappa shape index (κ3) is 2.61. The molecule has 1 aliphatic heterocycles. The molecule has 0 saturated heterocycles.